The molecule has 0 aromatic heterocycles. The molecule has 2 aromatic carbocycles. The molecule has 4 nitrogen and oxygen atoms in total. The average Bonchev–Trinajstić information content (AvgIpc) is 2.71. The van der Waals surface area contributed by atoms with E-state index in [2.05, 4.69) is 6.92 Å². The van der Waals surface area contributed by atoms with Crippen LogP contribution < -0.4 is 4.74 Å². The van der Waals surface area contributed by atoms with Gasteiger partial charge in [0.1, 0.15) is 5.75 Å². The molecule has 1 atom stereocenters. The third-order valence-electron chi connectivity index (χ3n) is 5.10. The Hall–Kier alpha value is -2.88. The number of aryl methyl sites for hydroxylation is 1. The van der Waals surface area contributed by atoms with Crippen molar-refractivity contribution >= 4 is 18.0 Å². The summed E-state index contributed by atoms with van der Waals surface area (Å²) in [5.74, 6) is 0.191. The Labute approximate surface area is 173 Å². The van der Waals surface area contributed by atoms with Gasteiger partial charge in [0.2, 0.25) is 0 Å². The molecule has 4 heteroatoms. The van der Waals surface area contributed by atoms with Crippen LogP contribution >= 0.6 is 0 Å². The minimum atomic E-state index is -0.498. The van der Waals surface area contributed by atoms with Gasteiger partial charge >= 0.3 is 11.9 Å². The van der Waals surface area contributed by atoms with E-state index >= 15 is 0 Å². The largest absolute Gasteiger partial charge is 0.469 e. The zero-order chi connectivity index (χ0) is 21.4. The highest BCUT2D eigenvalue weighted by molar-refractivity contribution is 5.88. The van der Waals surface area contributed by atoms with Gasteiger partial charge in [-0.25, -0.2) is 4.79 Å². The summed E-state index contributed by atoms with van der Waals surface area (Å²) in [4.78, 5) is 23.8. The maximum Gasteiger partial charge on any atom is 0.336 e. The molecule has 0 N–H and O–H groups in total. The smallest absolute Gasteiger partial charge is 0.336 e. The van der Waals surface area contributed by atoms with Gasteiger partial charge in [0.05, 0.1) is 12.5 Å². The SMILES string of the molecule is COC(=O)C(C)(C)CCC(C)c1ccc(OC(=O)/C=C/c2ccc(C)cc2)cc1. The fourth-order valence-electron chi connectivity index (χ4n) is 2.98. The summed E-state index contributed by atoms with van der Waals surface area (Å²) in [6, 6.07) is 15.4. The van der Waals surface area contributed by atoms with Gasteiger partial charge < -0.3 is 9.47 Å². The van der Waals surface area contributed by atoms with E-state index in [-0.39, 0.29) is 11.9 Å². The number of carbonyl (C=O) groups is 2. The molecule has 2 rings (SSSR count). The summed E-state index contributed by atoms with van der Waals surface area (Å²) in [5.41, 5.74) is 2.77. The van der Waals surface area contributed by atoms with Crippen LogP contribution in [0.1, 0.15) is 56.2 Å². The van der Waals surface area contributed by atoms with E-state index in [1.807, 2.05) is 57.2 Å². The van der Waals surface area contributed by atoms with E-state index < -0.39 is 11.4 Å². The topological polar surface area (TPSA) is 52.6 Å². The number of ether oxygens (including phenoxy) is 2. The molecule has 2 aromatic rings. The molecule has 29 heavy (non-hydrogen) atoms. The molecule has 0 bridgehead atoms. The van der Waals surface area contributed by atoms with Crippen molar-refractivity contribution in [2.24, 2.45) is 5.41 Å². The molecule has 0 fully saturated rings. The van der Waals surface area contributed by atoms with Gasteiger partial charge in [0.25, 0.3) is 0 Å². The van der Waals surface area contributed by atoms with Crippen LogP contribution in [0.4, 0.5) is 0 Å². The number of benzene rings is 2. The van der Waals surface area contributed by atoms with Gasteiger partial charge in [-0.2, -0.15) is 0 Å². The zero-order valence-electron chi connectivity index (χ0n) is 17.9. The van der Waals surface area contributed by atoms with Crippen LogP contribution in [0.3, 0.4) is 0 Å². The number of hydrogen-bond donors (Lipinski definition) is 0. The maximum atomic E-state index is 12.0. The lowest BCUT2D eigenvalue weighted by molar-refractivity contribution is -0.151. The first-order chi connectivity index (χ1) is 13.7. The van der Waals surface area contributed by atoms with Gasteiger partial charge in [-0.05, 0) is 68.9 Å². The Balaban J connectivity index is 1.89. The van der Waals surface area contributed by atoms with E-state index in [1.54, 1.807) is 18.2 Å². The van der Waals surface area contributed by atoms with Gasteiger partial charge in [-0.1, -0.05) is 48.9 Å². The van der Waals surface area contributed by atoms with Crippen molar-refractivity contribution in [3.8, 4) is 5.75 Å². The van der Waals surface area contributed by atoms with E-state index in [9.17, 15) is 9.59 Å². The Kier molecular flexibility index (Phi) is 7.77. The Morgan fingerprint density at radius 3 is 2.24 bits per heavy atom. The lowest BCUT2D eigenvalue weighted by Gasteiger charge is -2.23. The third kappa shape index (κ3) is 6.90. The molecular formula is C25H30O4. The lowest BCUT2D eigenvalue weighted by atomic mass is 9.83. The summed E-state index contributed by atoms with van der Waals surface area (Å²) >= 11 is 0. The summed E-state index contributed by atoms with van der Waals surface area (Å²) < 4.78 is 10.2. The minimum Gasteiger partial charge on any atom is -0.469 e. The Morgan fingerprint density at radius 2 is 1.66 bits per heavy atom. The predicted molar refractivity (Wildman–Crippen MR) is 116 cm³/mol. The highest BCUT2D eigenvalue weighted by Crippen LogP contribution is 2.30. The van der Waals surface area contributed by atoms with E-state index in [0.717, 1.165) is 24.0 Å². The van der Waals surface area contributed by atoms with Crippen LogP contribution in [0.5, 0.6) is 5.75 Å². The van der Waals surface area contributed by atoms with Gasteiger partial charge in [-0.3, -0.25) is 4.79 Å². The van der Waals surface area contributed by atoms with Crippen molar-refractivity contribution in [2.75, 3.05) is 7.11 Å². The molecular weight excluding hydrogens is 364 g/mol. The summed E-state index contributed by atoms with van der Waals surface area (Å²) in [5, 5.41) is 0. The van der Waals surface area contributed by atoms with Crippen molar-refractivity contribution in [3.05, 3.63) is 71.3 Å². The van der Waals surface area contributed by atoms with Crippen molar-refractivity contribution in [2.45, 2.75) is 46.5 Å². The average molecular weight is 395 g/mol. The second-order valence-electron chi connectivity index (χ2n) is 8.05. The van der Waals surface area contributed by atoms with Crippen LogP contribution in [-0.2, 0) is 14.3 Å². The molecule has 0 radical (unpaired) electrons. The van der Waals surface area contributed by atoms with Crippen LogP contribution in [0.2, 0.25) is 0 Å². The highest BCUT2D eigenvalue weighted by atomic mass is 16.5. The summed E-state index contributed by atoms with van der Waals surface area (Å²) in [7, 11) is 1.42. The van der Waals surface area contributed by atoms with E-state index in [0.29, 0.717) is 5.75 Å². The highest BCUT2D eigenvalue weighted by Gasteiger charge is 2.28. The number of methoxy groups -OCH3 is 1. The number of rotatable bonds is 8. The van der Waals surface area contributed by atoms with Gasteiger partial charge in [0, 0.05) is 6.08 Å². The van der Waals surface area contributed by atoms with E-state index in [4.69, 9.17) is 9.47 Å². The first-order valence-corrected chi connectivity index (χ1v) is 9.86. The standard InChI is InChI=1S/C25H30O4/c1-18-6-8-20(9-7-18)10-15-23(26)29-22-13-11-21(12-14-22)19(2)16-17-25(3,4)24(27)28-5/h6-15,19H,16-17H2,1-5H3/b15-10+. The second kappa shape index (κ2) is 10.1. The first-order valence-electron chi connectivity index (χ1n) is 9.86. The van der Waals surface area contributed by atoms with Crippen molar-refractivity contribution in [1.29, 1.82) is 0 Å². The molecule has 0 spiro atoms. The molecule has 0 aliphatic heterocycles. The Morgan fingerprint density at radius 1 is 1.03 bits per heavy atom. The van der Waals surface area contributed by atoms with Crippen LogP contribution in [-0.4, -0.2) is 19.0 Å². The normalized spacial score (nSPS) is 12.6. The zero-order valence-corrected chi connectivity index (χ0v) is 17.9. The Bertz CT molecular complexity index is 845. The summed E-state index contributed by atoms with van der Waals surface area (Å²) in [6.07, 6.45) is 4.76. The fraction of sp³-hybridized carbons (Fsp3) is 0.360. The van der Waals surface area contributed by atoms with Gasteiger partial charge in [0.15, 0.2) is 0 Å². The molecule has 0 heterocycles. The van der Waals surface area contributed by atoms with Gasteiger partial charge in [-0.15, -0.1) is 0 Å². The van der Waals surface area contributed by atoms with Crippen molar-refractivity contribution in [1.82, 2.24) is 0 Å². The molecule has 1 unspecified atom stereocenters. The summed E-state index contributed by atoms with van der Waals surface area (Å²) in [6.45, 7) is 7.95. The second-order valence-corrected chi connectivity index (χ2v) is 8.05. The molecule has 0 amide bonds. The van der Waals surface area contributed by atoms with Crippen molar-refractivity contribution in [3.63, 3.8) is 0 Å². The molecule has 0 saturated carbocycles. The lowest BCUT2D eigenvalue weighted by Crippen LogP contribution is -2.25. The van der Waals surface area contributed by atoms with Crippen LogP contribution in [0.15, 0.2) is 54.6 Å². The molecule has 0 aliphatic carbocycles. The molecule has 0 saturated heterocycles. The fourth-order valence-corrected chi connectivity index (χ4v) is 2.98. The first kappa shape index (κ1) is 22.4. The van der Waals surface area contributed by atoms with E-state index in [1.165, 1.54) is 18.7 Å². The van der Waals surface area contributed by atoms with Crippen molar-refractivity contribution < 1.29 is 19.1 Å². The third-order valence-corrected chi connectivity index (χ3v) is 5.10. The predicted octanol–water partition coefficient (Wildman–Crippen LogP) is 5.70. The molecule has 0 aliphatic rings. The maximum absolute atomic E-state index is 12.0. The quantitative estimate of drug-likeness (QED) is 0.327. The number of hydrogen-bond acceptors (Lipinski definition) is 4. The monoisotopic (exact) mass is 394 g/mol. The molecule has 154 valence electrons. The number of esters is 2. The number of carbonyl (C=O) groups excluding carboxylic acids is 2. The van der Waals surface area contributed by atoms with Crippen LogP contribution in [0, 0.1) is 12.3 Å². The minimum absolute atomic E-state index is 0.189. The van der Waals surface area contributed by atoms with Crippen LogP contribution in [0.25, 0.3) is 6.08 Å².